The lowest BCUT2D eigenvalue weighted by atomic mass is 10.2. The Hall–Kier alpha value is -0.960. The van der Waals surface area contributed by atoms with Crippen LogP contribution < -0.4 is 0 Å². The lowest BCUT2D eigenvalue weighted by Crippen LogP contribution is -2.38. The van der Waals surface area contributed by atoms with Crippen molar-refractivity contribution in [3.63, 3.8) is 0 Å². The summed E-state index contributed by atoms with van der Waals surface area (Å²) in [6.07, 6.45) is 3.70. The zero-order valence-electron chi connectivity index (χ0n) is 13.6. The minimum atomic E-state index is -3.63. The highest BCUT2D eigenvalue weighted by Gasteiger charge is 2.41. The molecule has 1 fully saturated rings. The van der Waals surface area contributed by atoms with Gasteiger partial charge in [0.15, 0.2) is 5.03 Å². The van der Waals surface area contributed by atoms with Crippen molar-refractivity contribution < 1.29 is 17.9 Å². The number of ether oxygens (including phenoxy) is 2. The van der Waals surface area contributed by atoms with Gasteiger partial charge in [0.2, 0.25) is 0 Å². The third-order valence-corrected chi connectivity index (χ3v) is 5.58. The number of aromatic nitrogens is 2. The van der Waals surface area contributed by atoms with Crippen molar-refractivity contribution >= 4 is 10.0 Å². The largest absolute Gasteiger partial charge is 0.383 e. The minimum absolute atomic E-state index is 0.0889. The SMILES string of the molecule is COC[C@@H]1C[C@@H](OC)CN1S(=O)(=O)c1cn(CC(C)C)cn1. The van der Waals surface area contributed by atoms with Crippen molar-refractivity contribution in [2.75, 3.05) is 27.4 Å². The van der Waals surface area contributed by atoms with Gasteiger partial charge in [-0.15, -0.1) is 0 Å². The summed E-state index contributed by atoms with van der Waals surface area (Å²) in [5.74, 6) is 0.427. The van der Waals surface area contributed by atoms with Crippen LogP contribution in [0.4, 0.5) is 0 Å². The number of imidazole rings is 1. The first-order valence-corrected chi connectivity index (χ1v) is 8.87. The summed E-state index contributed by atoms with van der Waals surface area (Å²) in [5.41, 5.74) is 0. The van der Waals surface area contributed by atoms with E-state index in [2.05, 4.69) is 18.8 Å². The van der Waals surface area contributed by atoms with E-state index in [0.29, 0.717) is 25.5 Å². The zero-order chi connectivity index (χ0) is 16.3. The molecule has 0 aliphatic carbocycles. The molecule has 0 amide bonds. The lowest BCUT2D eigenvalue weighted by Gasteiger charge is -2.21. The second-order valence-corrected chi connectivity index (χ2v) is 7.92. The van der Waals surface area contributed by atoms with Crippen LogP contribution in [-0.4, -0.2) is 61.8 Å². The Morgan fingerprint density at radius 2 is 2.14 bits per heavy atom. The Labute approximate surface area is 132 Å². The average Bonchev–Trinajstić information content (AvgIpc) is 3.06. The zero-order valence-corrected chi connectivity index (χ0v) is 14.4. The highest BCUT2D eigenvalue weighted by molar-refractivity contribution is 7.89. The summed E-state index contributed by atoms with van der Waals surface area (Å²) in [4.78, 5) is 4.08. The molecule has 2 atom stereocenters. The van der Waals surface area contributed by atoms with E-state index in [1.165, 1.54) is 4.31 Å². The molecule has 0 saturated carbocycles. The molecule has 0 N–H and O–H groups in total. The van der Waals surface area contributed by atoms with Crippen LogP contribution in [0.3, 0.4) is 0 Å². The van der Waals surface area contributed by atoms with Crippen molar-refractivity contribution in [1.29, 1.82) is 0 Å². The smallest absolute Gasteiger partial charge is 0.262 e. The van der Waals surface area contributed by atoms with Crippen LogP contribution in [0.2, 0.25) is 0 Å². The summed E-state index contributed by atoms with van der Waals surface area (Å²) in [5, 5.41) is 0.0889. The molecule has 2 heterocycles. The van der Waals surface area contributed by atoms with E-state index in [-0.39, 0.29) is 17.2 Å². The predicted octanol–water partition coefficient (Wildman–Crippen LogP) is 0.964. The monoisotopic (exact) mass is 331 g/mol. The number of nitrogens with zero attached hydrogens (tertiary/aromatic N) is 3. The Bertz CT molecular complexity index is 585. The average molecular weight is 331 g/mol. The molecule has 1 aliphatic rings. The molecule has 7 nitrogen and oxygen atoms in total. The van der Waals surface area contributed by atoms with E-state index in [4.69, 9.17) is 9.47 Å². The van der Waals surface area contributed by atoms with Crippen LogP contribution in [-0.2, 0) is 26.0 Å². The van der Waals surface area contributed by atoms with Crippen LogP contribution >= 0.6 is 0 Å². The molecule has 8 heteroatoms. The first kappa shape index (κ1) is 17.4. The highest BCUT2D eigenvalue weighted by Crippen LogP contribution is 2.27. The Kier molecular flexibility index (Phi) is 5.60. The van der Waals surface area contributed by atoms with E-state index in [1.54, 1.807) is 26.7 Å². The second kappa shape index (κ2) is 7.08. The summed E-state index contributed by atoms with van der Waals surface area (Å²) < 4.78 is 39.4. The predicted molar refractivity (Wildman–Crippen MR) is 82.0 cm³/mol. The molecule has 22 heavy (non-hydrogen) atoms. The molecule has 0 unspecified atom stereocenters. The minimum Gasteiger partial charge on any atom is -0.383 e. The van der Waals surface area contributed by atoms with Crippen LogP contribution in [0.1, 0.15) is 20.3 Å². The standard InChI is InChI=1S/C14H25N3O4S/c1-11(2)6-16-8-14(15-10-16)22(18,19)17-7-13(21-4)5-12(17)9-20-3/h8,10-13H,5-7,9H2,1-4H3/t12-,13+/m0/s1. The van der Waals surface area contributed by atoms with Gasteiger partial charge in [-0.1, -0.05) is 13.8 Å². The van der Waals surface area contributed by atoms with E-state index in [1.807, 2.05) is 4.57 Å². The van der Waals surface area contributed by atoms with Gasteiger partial charge in [0.25, 0.3) is 10.0 Å². The normalized spacial score (nSPS) is 23.5. The van der Waals surface area contributed by atoms with E-state index in [9.17, 15) is 8.42 Å². The third-order valence-electron chi connectivity index (χ3n) is 3.78. The van der Waals surface area contributed by atoms with Gasteiger partial charge in [-0.3, -0.25) is 0 Å². The van der Waals surface area contributed by atoms with Gasteiger partial charge < -0.3 is 14.0 Å². The number of methoxy groups -OCH3 is 2. The summed E-state index contributed by atoms with van der Waals surface area (Å²) in [6, 6.07) is -0.213. The molecule has 1 aliphatic heterocycles. The molecule has 1 aromatic heterocycles. The van der Waals surface area contributed by atoms with Gasteiger partial charge in [-0.25, -0.2) is 13.4 Å². The first-order chi connectivity index (χ1) is 10.4. The van der Waals surface area contributed by atoms with E-state index >= 15 is 0 Å². The van der Waals surface area contributed by atoms with E-state index < -0.39 is 10.0 Å². The molecular formula is C14H25N3O4S. The molecule has 0 bridgehead atoms. The molecule has 126 valence electrons. The van der Waals surface area contributed by atoms with Crippen molar-refractivity contribution in [3.8, 4) is 0 Å². The molecule has 0 radical (unpaired) electrons. The van der Waals surface area contributed by atoms with Gasteiger partial charge >= 0.3 is 0 Å². The Balaban J connectivity index is 2.22. The van der Waals surface area contributed by atoms with Gasteiger partial charge in [0, 0.05) is 33.5 Å². The fourth-order valence-corrected chi connectivity index (χ4v) is 4.36. The maximum atomic E-state index is 12.8. The fraction of sp³-hybridized carbons (Fsp3) is 0.786. The molecule has 1 aromatic rings. The van der Waals surface area contributed by atoms with Crippen molar-refractivity contribution in [1.82, 2.24) is 13.9 Å². The molecule has 0 spiro atoms. The Morgan fingerprint density at radius 1 is 1.41 bits per heavy atom. The van der Waals surface area contributed by atoms with E-state index in [0.717, 1.165) is 6.54 Å². The van der Waals surface area contributed by atoms with Gasteiger partial charge in [0.05, 0.1) is 25.1 Å². The molecule has 2 rings (SSSR count). The van der Waals surface area contributed by atoms with Crippen molar-refractivity contribution in [2.24, 2.45) is 5.92 Å². The lowest BCUT2D eigenvalue weighted by molar-refractivity contribution is 0.110. The maximum Gasteiger partial charge on any atom is 0.262 e. The molecule has 1 saturated heterocycles. The fourth-order valence-electron chi connectivity index (χ4n) is 2.77. The van der Waals surface area contributed by atoms with Gasteiger partial charge in [-0.2, -0.15) is 4.31 Å². The summed E-state index contributed by atoms with van der Waals surface area (Å²) in [7, 11) is -0.456. The topological polar surface area (TPSA) is 73.7 Å². The first-order valence-electron chi connectivity index (χ1n) is 7.43. The number of rotatable bonds is 7. The van der Waals surface area contributed by atoms with Crippen LogP contribution in [0, 0.1) is 5.92 Å². The summed E-state index contributed by atoms with van der Waals surface area (Å²) in [6.45, 7) is 5.58. The quantitative estimate of drug-likeness (QED) is 0.744. The number of hydrogen-bond donors (Lipinski definition) is 0. The van der Waals surface area contributed by atoms with Crippen molar-refractivity contribution in [3.05, 3.63) is 12.5 Å². The van der Waals surface area contributed by atoms with Crippen molar-refractivity contribution in [2.45, 2.75) is 44.0 Å². The van der Waals surface area contributed by atoms with Gasteiger partial charge in [-0.05, 0) is 12.3 Å². The Morgan fingerprint density at radius 3 is 2.73 bits per heavy atom. The molecule has 0 aromatic carbocycles. The number of sulfonamides is 1. The van der Waals surface area contributed by atoms with Crippen LogP contribution in [0.25, 0.3) is 0 Å². The van der Waals surface area contributed by atoms with Gasteiger partial charge in [0.1, 0.15) is 0 Å². The molecular weight excluding hydrogens is 306 g/mol. The highest BCUT2D eigenvalue weighted by atomic mass is 32.2. The third kappa shape index (κ3) is 3.68. The van der Waals surface area contributed by atoms with Crippen LogP contribution in [0.15, 0.2) is 17.6 Å². The maximum absolute atomic E-state index is 12.8. The second-order valence-electron chi connectivity index (χ2n) is 6.08. The summed E-state index contributed by atoms with van der Waals surface area (Å²) >= 11 is 0. The van der Waals surface area contributed by atoms with Crippen LogP contribution in [0.5, 0.6) is 0 Å². The number of hydrogen-bond acceptors (Lipinski definition) is 5.